The molecule has 1 saturated carbocycles. The number of amides is 1. The van der Waals surface area contributed by atoms with Crippen LogP contribution in [0.4, 0.5) is 0 Å². The zero-order valence-corrected chi connectivity index (χ0v) is 12.6. The third-order valence-corrected chi connectivity index (χ3v) is 4.78. The molecule has 1 N–H and O–H groups in total. The second-order valence-electron chi connectivity index (χ2n) is 5.23. The molecule has 0 aromatic carbocycles. The number of carbonyl (C=O) groups excluding carboxylic acids is 1. The Balaban J connectivity index is 2.12. The van der Waals surface area contributed by atoms with Crippen LogP contribution in [-0.2, 0) is 7.05 Å². The number of carbonyl (C=O) groups is 1. The standard InChI is InChI=1S/C13H20BrN3O/c1-10-11(8-17(2)16-10)12(18)15-13(9-14)6-4-3-5-7-13/h8H,3-7,9H2,1-2H3,(H,15,18). The van der Waals surface area contributed by atoms with E-state index in [0.717, 1.165) is 23.9 Å². The zero-order valence-electron chi connectivity index (χ0n) is 11.0. The van der Waals surface area contributed by atoms with Crippen molar-refractivity contribution in [1.29, 1.82) is 0 Å². The van der Waals surface area contributed by atoms with Crippen molar-refractivity contribution in [3.8, 4) is 0 Å². The van der Waals surface area contributed by atoms with Crippen molar-refractivity contribution in [2.75, 3.05) is 5.33 Å². The van der Waals surface area contributed by atoms with E-state index < -0.39 is 0 Å². The van der Waals surface area contributed by atoms with Crippen molar-refractivity contribution in [2.24, 2.45) is 7.05 Å². The van der Waals surface area contributed by atoms with E-state index in [1.54, 1.807) is 10.9 Å². The monoisotopic (exact) mass is 313 g/mol. The molecule has 0 spiro atoms. The van der Waals surface area contributed by atoms with Crippen molar-refractivity contribution < 1.29 is 4.79 Å². The highest BCUT2D eigenvalue weighted by Crippen LogP contribution is 2.30. The molecule has 100 valence electrons. The van der Waals surface area contributed by atoms with Gasteiger partial charge in [-0.3, -0.25) is 9.48 Å². The van der Waals surface area contributed by atoms with E-state index in [2.05, 4.69) is 26.3 Å². The maximum absolute atomic E-state index is 12.3. The smallest absolute Gasteiger partial charge is 0.255 e. The molecule has 18 heavy (non-hydrogen) atoms. The van der Waals surface area contributed by atoms with E-state index in [9.17, 15) is 4.79 Å². The van der Waals surface area contributed by atoms with Gasteiger partial charge in [0, 0.05) is 18.6 Å². The van der Waals surface area contributed by atoms with Crippen LogP contribution in [-0.4, -0.2) is 26.6 Å². The maximum Gasteiger partial charge on any atom is 0.255 e. The van der Waals surface area contributed by atoms with Crippen LogP contribution < -0.4 is 5.32 Å². The number of nitrogens with one attached hydrogen (secondary N) is 1. The molecule has 0 aliphatic heterocycles. The second kappa shape index (κ2) is 5.43. The Morgan fingerprint density at radius 3 is 2.67 bits per heavy atom. The van der Waals surface area contributed by atoms with Crippen LogP contribution in [0.3, 0.4) is 0 Å². The Kier molecular flexibility index (Phi) is 4.10. The summed E-state index contributed by atoms with van der Waals surface area (Å²) in [4.78, 5) is 12.3. The Labute approximate surface area is 116 Å². The number of nitrogens with zero attached hydrogens (tertiary/aromatic N) is 2. The van der Waals surface area contributed by atoms with E-state index in [1.165, 1.54) is 19.3 Å². The Morgan fingerprint density at radius 1 is 1.50 bits per heavy atom. The van der Waals surface area contributed by atoms with Crippen LogP contribution >= 0.6 is 15.9 Å². The molecule has 1 aliphatic rings. The van der Waals surface area contributed by atoms with Crippen LogP contribution in [0.15, 0.2) is 6.20 Å². The first-order chi connectivity index (χ1) is 8.56. The van der Waals surface area contributed by atoms with E-state index in [4.69, 9.17) is 0 Å². The molecule has 1 aromatic heterocycles. The number of hydrogen-bond donors (Lipinski definition) is 1. The maximum atomic E-state index is 12.3. The zero-order chi connectivity index (χ0) is 13.2. The minimum absolute atomic E-state index is 0.00181. The van der Waals surface area contributed by atoms with Gasteiger partial charge in [0.1, 0.15) is 0 Å². The largest absolute Gasteiger partial charge is 0.346 e. The van der Waals surface area contributed by atoms with E-state index in [-0.39, 0.29) is 11.4 Å². The topological polar surface area (TPSA) is 46.9 Å². The third-order valence-electron chi connectivity index (χ3n) is 3.70. The molecule has 0 saturated heterocycles. The molecule has 5 heteroatoms. The predicted molar refractivity (Wildman–Crippen MR) is 75.0 cm³/mol. The van der Waals surface area contributed by atoms with Crippen molar-refractivity contribution in [2.45, 2.75) is 44.6 Å². The summed E-state index contributed by atoms with van der Waals surface area (Å²) in [5.74, 6) is 0.00181. The number of alkyl halides is 1. The summed E-state index contributed by atoms with van der Waals surface area (Å²) in [6.07, 6.45) is 7.56. The molecular formula is C13H20BrN3O. The minimum Gasteiger partial charge on any atom is -0.346 e. The first-order valence-corrected chi connectivity index (χ1v) is 7.57. The molecule has 4 nitrogen and oxygen atoms in total. The molecule has 1 aromatic rings. The number of rotatable bonds is 3. The van der Waals surface area contributed by atoms with Crippen LogP contribution in [0.5, 0.6) is 0 Å². The highest BCUT2D eigenvalue weighted by molar-refractivity contribution is 9.09. The molecule has 0 unspecified atom stereocenters. The lowest BCUT2D eigenvalue weighted by Gasteiger charge is -2.36. The van der Waals surface area contributed by atoms with Gasteiger partial charge in [-0.05, 0) is 19.8 Å². The minimum atomic E-state index is -0.0718. The fraction of sp³-hybridized carbons (Fsp3) is 0.692. The van der Waals surface area contributed by atoms with Crippen LogP contribution in [0, 0.1) is 6.92 Å². The molecular weight excluding hydrogens is 294 g/mol. The lowest BCUT2D eigenvalue weighted by Crippen LogP contribution is -2.51. The molecule has 2 rings (SSSR count). The Morgan fingerprint density at radius 2 is 2.17 bits per heavy atom. The van der Waals surface area contributed by atoms with Crippen molar-refractivity contribution >= 4 is 21.8 Å². The first-order valence-electron chi connectivity index (χ1n) is 6.45. The number of hydrogen-bond acceptors (Lipinski definition) is 2. The summed E-state index contributed by atoms with van der Waals surface area (Å²) in [5, 5.41) is 8.26. The highest BCUT2D eigenvalue weighted by atomic mass is 79.9. The molecule has 0 radical (unpaired) electrons. The SMILES string of the molecule is Cc1nn(C)cc1C(=O)NC1(CBr)CCCCC1. The van der Waals surface area contributed by atoms with Gasteiger partial charge < -0.3 is 5.32 Å². The summed E-state index contributed by atoms with van der Waals surface area (Å²) < 4.78 is 1.69. The molecule has 0 atom stereocenters. The van der Waals surface area contributed by atoms with Gasteiger partial charge in [0.25, 0.3) is 5.91 Å². The predicted octanol–water partition coefficient (Wildman–Crippen LogP) is 2.56. The Bertz CT molecular complexity index is 435. The van der Waals surface area contributed by atoms with Gasteiger partial charge >= 0.3 is 0 Å². The fourth-order valence-corrected chi connectivity index (χ4v) is 3.35. The van der Waals surface area contributed by atoms with Crippen LogP contribution in [0.25, 0.3) is 0 Å². The normalized spacial score (nSPS) is 18.6. The van der Waals surface area contributed by atoms with Crippen LogP contribution in [0.2, 0.25) is 0 Å². The van der Waals surface area contributed by atoms with Gasteiger partial charge in [0.05, 0.1) is 16.8 Å². The van der Waals surface area contributed by atoms with E-state index >= 15 is 0 Å². The van der Waals surface area contributed by atoms with Crippen molar-refractivity contribution in [3.05, 3.63) is 17.5 Å². The van der Waals surface area contributed by atoms with Crippen molar-refractivity contribution in [1.82, 2.24) is 15.1 Å². The molecule has 0 bridgehead atoms. The summed E-state index contributed by atoms with van der Waals surface area (Å²) in [6, 6.07) is 0. The van der Waals surface area contributed by atoms with Gasteiger partial charge in [0.2, 0.25) is 0 Å². The van der Waals surface area contributed by atoms with Gasteiger partial charge in [-0.1, -0.05) is 35.2 Å². The summed E-state index contributed by atoms with van der Waals surface area (Å²) in [7, 11) is 1.84. The number of aromatic nitrogens is 2. The van der Waals surface area contributed by atoms with Crippen molar-refractivity contribution in [3.63, 3.8) is 0 Å². The van der Waals surface area contributed by atoms with Gasteiger partial charge in [-0.2, -0.15) is 5.10 Å². The first kappa shape index (κ1) is 13.6. The second-order valence-corrected chi connectivity index (χ2v) is 5.79. The number of halogens is 1. The fourth-order valence-electron chi connectivity index (χ4n) is 2.65. The summed E-state index contributed by atoms with van der Waals surface area (Å²) >= 11 is 3.56. The van der Waals surface area contributed by atoms with Gasteiger partial charge in [0.15, 0.2) is 0 Å². The average Bonchev–Trinajstić information content (AvgIpc) is 2.70. The molecule has 1 amide bonds. The van der Waals surface area contributed by atoms with E-state index in [1.807, 2.05) is 14.0 Å². The Hall–Kier alpha value is -0.840. The number of aryl methyl sites for hydroxylation is 2. The lowest BCUT2D eigenvalue weighted by atomic mass is 9.83. The molecule has 1 heterocycles. The lowest BCUT2D eigenvalue weighted by molar-refractivity contribution is 0.0886. The van der Waals surface area contributed by atoms with E-state index in [0.29, 0.717) is 5.56 Å². The highest BCUT2D eigenvalue weighted by Gasteiger charge is 2.33. The van der Waals surface area contributed by atoms with Gasteiger partial charge in [-0.15, -0.1) is 0 Å². The average molecular weight is 314 g/mol. The summed E-state index contributed by atoms with van der Waals surface area (Å²) in [5.41, 5.74) is 1.40. The molecule has 1 aliphatic carbocycles. The van der Waals surface area contributed by atoms with Gasteiger partial charge in [-0.25, -0.2) is 0 Å². The molecule has 1 fully saturated rings. The summed E-state index contributed by atoms with van der Waals surface area (Å²) in [6.45, 7) is 1.87. The quantitative estimate of drug-likeness (QED) is 0.872. The third kappa shape index (κ3) is 2.76. The van der Waals surface area contributed by atoms with Crippen LogP contribution in [0.1, 0.15) is 48.2 Å².